The van der Waals surface area contributed by atoms with Crippen molar-refractivity contribution >= 4 is 23.3 Å². The molecule has 28 heavy (non-hydrogen) atoms. The average molecular weight is 395 g/mol. The van der Waals surface area contributed by atoms with Gasteiger partial charge in [-0.25, -0.2) is 14.6 Å². The largest absolute Gasteiger partial charge is 0.465 e. The average Bonchev–Trinajstić information content (AvgIpc) is 3.20. The van der Waals surface area contributed by atoms with Crippen LogP contribution < -0.4 is 0 Å². The van der Waals surface area contributed by atoms with Gasteiger partial charge in [0, 0.05) is 10.9 Å². The van der Waals surface area contributed by atoms with Gasteiger partial charge in [-0.1, -0.05) is 38.1 Å². The van der Waals surface area contributed by atoms with Gasteiger partial charge in [0.1, 0.15) is 11.6 Å². The summed E-state index contributed by atoms with van der Waals surface area (Å²) in [7, 11) is 1.31. The number of hydrogen-bond donors (Lipinski definition) is 0. The van der Waals surface area contributed by atoms with Crippen LogP contribution in [0.4, 0.5) is 0 Å². The first-order valence-corrected chi connectivity index (χ1v) is 9.76. The van der Waals surface area contributed by atoms with E-state index in [0.717, 1.165) is 10.6 Å². The minimum absolute atomic E-state index is 0.0954. The van der Waals surface area contributed by atoms with Crippen LogP contribution in [0.2, 0.25) is 0 Å². The number of rotatable bonds is 6. The van der Waals surface area contributed by atoms with Gasteiger partial charge < -0.3 is 9.47 Å². The zero-order valence-electron chi connectivity index (χ0n) is 16.0. The van der Waals surface area contributed by atoms with E-state index in [-0.39, 0.29) is 6.61 Å². The lowest BCUT2D eigenvalue weighted by molar-refractivity contribution is 0.0467. The van der Waals surface area contributed by atoms with Crippen molar-refractivity contribution in [2.45, 2.75) is 26.4 Å². The highest BCUT2D eigenvalue weighted by Crippen LogP contribution is 2.26. The van der Waals surface area contributed by atoms with Crippen molar-refractivity contribution in [1.82, 2.24) is 4.98 Å². The van der Waals surface area contributed by atoms with E-state index in [1.54, 1.807) is 0 Å². The molecular formula is C22H21NO4S. The number of aromatic nitrogens is 1. The van der Waals surface area contributed by atoms with Gasteiger partial charge in [-0.15, -0.1) is 11.3 Å². The van der Waals surface area contributed by atoms with Crippen LogP contribution in [0.25, 0.3) is 10.6 Å². The molecule has 0 aliphatic carbocycles. The predicted octanol–water partition coefficient (Wildman–Crippen LogP) is 5.08. The van der Waals surface area contributed by atoms with Crippen LogP contribution in [-0.2, 0) is 16.1 Å². The molecular weight excluding hydrogens is 374 g/mol. The van der Waals surface area contributed by atoms with Gasteiger partial charge in [-0.2, -0.15) is 0 Å². The molecule has 0 aliphatic heterocycles. The van der Waals surface area contributed by atoms with Crippen LogP contribution in [0.15, 0.2) is 53.9 Å². The molecule has 1 aromatic heterocycles. The lowest BCUT2D eigenvalue weighted by Crippen LogP contribution is -2.07. The van der Waals surface area contributed by atoms with Gasteiger partial charge in [0.15, 0.2) is 0 Å². The summed E-state index contributed by atoms with van der Waals surface area (Å²) in [6.45, 7) is 4.42. The minimum Gasteiger partial charge on any atom is -0.465 e. The molecule has 3 rings (SSSR count). The van der Waals surface area contributed by atoms with E-state index in [9.17, 15) is 9.59 Å². The Hall–Kier alpha value is -2.99. The second kappa shape index (κ2) is 8.80. The highest BCUT2D eigenvalue weighted by molar-refractivity contribution is 7.13. The summed E-state index contributed by atoms with van der Waals surface area (Å²) in [4.78, 5) is 28.2. The molecule has 3 aromatic rings. The fourth-order valence-corrected chi connectivity index (χ4v) is 3.41. The van der Waals surface area contributed by atoms with E-state index >= 15 is 0 Å². The van der Waals surface area contributed by atoms with Gasteiger partial charge in [-0.05, 0) is 35.7 Å². The second-order valence-electron chi connectivity index (χ2n) is 6.57. The van der Waals surface area contributed by atoms with Gasteiger partial charge in [-0.3, -0.25) is 0 Å². The molecule has 6 heteroatoms. The van der Waals surface area contributed by atoms with Crippen molar-refractivity contribution in [3.05, 3.63) is 76.3 Å². The van der Waals surface area contributed by atoms with Gasteiger partial charge in [0.2, 0.25) is 0 Å². The first-order valence-electron chi connectivity index (χ1n) is 8.88. The summed E-state index contributed by atoms with van der Waals surface area (Å²) in [6, 6.07) is 14.5. The van der Waals surface area contributed by atoms with Crippen molar-refractivity contribution in [1.29, 1.82) is 0 Å². The number of carbonyl (C=O) groups is 2. The van der Waals surface area contributed by atoms with Crippen molar-refractivity contribution < 1.29 is 19.1 Å². The third-order valence-electron chi connectivity index (χ3n) is 4.27. The molecule has 0 radical (unpaired) electrons. The lowest BCUT2D eigenvalue weighted by atomic mass is 10.0. The third-order valence-corrected chi connectivity index (χ3v) is 5.21. The first kappa shape index (κ1) is 19.8. The number of ether oxygens (including phenoxy) is 2. The van der Waals surface area contributed by atoms with Crippen LogP contribution in [0.3, 0.4) is 0 Å². The zero-order valence-corrected chi connectivity index (χ0v) is 16.8. The molecule has 0 amide bonds. The number of carbonyl (C=O) groups excluding carboxylic acids is 2. The maximum Gasteiger partial charge on any atom is 0.338 e. The number of thiazole rings is 1. The van der Waals surface area contributed by atoms with Crippen molar-refractivity contribution in [2.75, 3.05) is 7.11 Å². The monoisotopic (exact) mass is 395 g/mol. The summed E-state index contributed by atoms with van der Waals surface area (Å²) in [5.41, 5.74) is 3.78. The standard InChI is InChI=1S/C22H21NO4S/c1-14(2)15-4-6-16(7-5-15)20-23-19(13-28-20)12-27-22(25)18-10-8-17(9-11-18)21(24)26-3/h4-11,13-14H,12H2,1-3H3. The number of methoxy groups -OCH3 is 1. The molecule has 1 heterocycles. The first-order chi connectivity index (χ1) is 13.5. The molecule has 0 saturated heterocycles. The number of esters is 2. The van der Waals surface area contributed by atoms with E-state index in [4.69, 9.17) is 4.74 Å². The molecule has 0 bridgehead atoms. The van der Waals surface area contributed by atoms with Gasteiger partial charge in [0.05, 0.1) is 23.9 Å². The highest BCUT2D eigenvalue weighted by Gasteiger charge is 2.12. The van der Waals surface area contributed by atoms with Crippen molar-refractivity contribution in [3.8, 4) is 10.6 Å². The molecule has 5 nitrogen and oxygen atoms in total. The van der Waals surface area contributed by atoms with E-state index in [2.05, 4.69) is 47.8 Å². The smallest absolute Gasteiger partial charge is 0.338 e. The summed E-state index contributed by atoms with van der Waals surface area (Å²) in [6.07, 6.45) is 0. The fraction of sp³-hybridized carbons (Fsp3) is 0.227. The summed E-state index contributed by atoms with van der Waals surface area (Å²) >= 11 is 1.52. The molecule has 0 N–H and O–H groups in total. The van der Waals surface area contributed by atoms with Crippen molar-refractivity contribution in [3.63, 3.8) is 0 Å². The molecule has 2 aromatic carbocycles. The van der Waals surface area contributed by atoms with Crippen molar-refractivity contribution in [2.24, 2.45) is 0 Å². The summed E-state index contributed by atoms with van der Waals surface area (Å²) in [5, 5.41) is 2.78. The molecule has 0 atom stereocenters. The van der Waals surface area contributed by atoms with Crippen LogP contribution in [0.1, 0.15) is 51.7 Å². The van der Waals surface area contributed by atoms with Gasteiger partial charge >= 0.3 is 11.9 Å². The molecule has 0 aliphatic rings. The maximum absolute atomic E-state index is 12.2. The van der Waals surface area contributed by atoms with E-state index in [1.165, 1.54) is 48.3 Å². The van der Waals surface area contributed by atoms with E-state index in [1.807, 2.05) is 5.38 Å². The SMILES string of the molecule is COC(=O)c1ccc(C(=O)OCc2csc(-c3ccc(C(C)C)cc3)n2)cc1. The Morgan fingerprint density at radius 2 is 1.57 bits per heavy atom. The molecule has 144 valence electrons. The zero-order chi connectivity index (χ0) is 20.1. The summed E-state index contributed by atoms with van der Waals surface area (Å²) < 4.78 is 9.97. The Kier molecular flexibility index (Phi) is 6.21. The van der Waals surface area contributed by atoms with Crippen LogP contribution in [-0.4, -0.2) is 24.0 Å². The Bertz CT molecular complexity index is 959. The summed E-state index contributed by atoms with van der Waals surface area (Å²) in [5.74, 6) is -0.425. The van der Waals surface area contributed by atoms with E-state index < -0.39 is 11.9 Å². The minimum atomic E-state index is -0.466. The van der Waals surface area contributed by atoms with Crippen LogP contribution in [0.5, 0.6) is 0 Å². The third kappa shape index (κ3) is 4.64. The number of nitrogens with zero attached hydrogens (tertiary/aromatic N) is 1. The Morgan fingerprint density at radius 1 is 0.964 bits per heavy atom. The lowest BCUT2D eigenvalue weighted by Gasteiger charge is -2.05. The normalized spacial score (nSPS) is 10.7. The predicted molar refractivity (Wildman–Crippen MR) is 109 cm³/mol. The Balaban J connectivity index is 1.60. The number of benzene rings is 2. The Labute approximate surface area is 168 Å². The molecule has 0 fully saturated rings. The topological polar surface area (TPSA) is 65.5 Å². The quantitative estimate of drug-likeness (QED) is 0.545. The van der Waals surface area contributed by atoms with E-state index in [0.29, 0.717) is 22.7 Å². The highest BCUT2D eigenvalue weighted by atomic mass is 32.1. The van der Waals surface area contributed by atoms with Crippen LogP contribution >= 0.6 is 11.3 Å². The fourth-order valence-electron chi connectivity index (χ4n) is 2.60. The second-order valence-corrected chi connectivity index (χ2v) is 7.42. The van der Waals surface area contributed by atoms with Crippen LogP contribution in [0, 0.1) is 0 Å². The Morgan fingerprint density at radius 3 is 2.14 bits per heavy atom. The maximum atomic E-state index is 12.2. The number of hydrogen-bond acceptors (Lipinski definition) is 6. The molecule has 0 saturated carbocycles. The molecule has 0 unspecified atom stereocenters. The van der Waals surface area contributed by atoms with Gasteiger partial charge in [0.25, 0.3) is 0 Å². The molecule has 0 spiro atoms.